The molecule has 5 rings (SSSR count). The number of hydrogen-bond acceptors (Lipinski definition) is 6. The predicted molar refractivity (Wildman–Crippen MR) is 93.7 cm³/mol. The fourth-order valence-electron chi connectivity index (χ4n) is 3.37. The monoisotopic (exact) mass is 369 g/mol. The molecular formula is C18H16FN5O3. The Kier molecular flexibility index (Phi) is 3.12. The van der Waals surface area contributed by atoms with Gasteiger partial charge in [-0.2, -0.15) is 4.98 Å². The molecule has 0 unspecified atom stereocenters. The summed E-state index contributed by atoms with van der Waals surface area (Å²) >= 11 is 0. The molecule has 8 nitrogen and oxygen atoms in total. The maximum atomic E-state index is 13.8. The van der Waals surface area contributed by atoms with E-state index in [9.17, 15) is 14.3 Å². The number of halogens is 1. The summed E-state index contributed by atoms with van der Waals surface area (Å²) in [5.41, 5.74) is 0.267. The van der Waals surface area contributed by atoms with Crippen LogP contribution in [0.1, 0.15) is 38.6 Å². The van der Waals surface area contributed by atoms with E-state index >= 15 is 0 Å². The van der Waals surface area contributed by atoms with E-state index in [1.54, 1.807) is 10.5 Å². The maximum Gasteiger partial charge on any atom is 0.278 e. The average molecular weight is 369 g/mol. The average Bonchev–Trinajstić information content (AvgIpc) is 3.05. The summed E-state index contributed by atoms with van der Waals surface area (Å²) in [5, 5.41) is 14.0. The number of rotatable bonds is 3. The minimum absolute atomic E-state index is 0.130. The smallest absolute Gasteiger partial charge is 0.278 e. The van der Waals surface area contributed by atoms with Crippen LogP contribution >= 0.6 is 0 Å². The van der Waals surface area contributed by atoms with E-state index in [1.165, 1.54) is 23.0 Å². The van der Waals surface area contributed by atoms with Crippen molar-refractivity contribution >= 4 is 16.6 Å². The molecule has 0 atom stereocenters. The molecule has 4 aromatic rings. The van der Waals surface area contributed by atoms with E-state index in [4.69, 9.17) is 4.52 Å². The molecule has 138 valence electrons. The van der Waals surface area contributed by atoms with E-state index in [1.807, 2.05) is 13.8 Å². The van der Waals surface area contributed by atoms with Gasteiger partial charge in [-0.1, -0.05) is 5.16 Å². The second-order valence-electron chi connectivity index (χ2n) is 7.17. The summed E-state index contributed by atoms with van der Waals surface area (Å²) in [6, 6.07) is 4.09. The number of fused-ring (bicyclic) bond motifs is 3. The Morgan fingerprint density at radius 1 is 1.30 bits per heavy atom. The van der Waals surface area contributed by atoms with Gasteiger partial charge in [0.05, 0.1) is 11.0 Å². The molecular weight excluding hydrogens is 353 g/mol. The zero-order chi connectivity index (χ0) is 18.9. The number of benzene rings is 1. The highest BCUT2D eigenvalue weighted by atomic mass is 19.1. The number of nitrogens with zero attached hydrogens (tertiary/aromatic N) is 5. The summed E-state index contributed by atoms with van der Waals surface area (Å²) in [6.45, 7) is 3.71. The van der Waals surface area contributed by atoms with Crippen LogP contribution in [0.2, 0.25) is 0 Å². The topological polar surface area (TPSA) is 98.5 Å². The van der Waals surface area contributed by atoms with Crippen molar-refractivity contribution in [1.82, 2.24) is 24.1 Å². The molecule has 1 fully saturated rings. The maximum absolute atomic E-state index is 13.8. The number of aromatic nitrogens is 5. The van der Waals surface area contributed by atoms with Gasteiger partial charge in [0, 0.05) is 6.04 Å². The van der Waals surface area contributed by atoms with Crippen molar-refractivity contribution in [3.8, 4) is 11.5 Å². The van der Waals surface area contributed by atoms with Crippen molar-refractivity contribution < 1.29 is 14.0 Å². The van der Waals surface area contributed by atoms with Gasteiger partial charge in [-0.15, -0.1) is 0 Å². The van der Waals surface area contributed by atoms with Crippen LogP contribution in [0.15, 0.2) is 33.8 Å². The summed E-state index contributed by atoms with van der Waals surface area (Å²) in [6.07, 6.45) is 2.61. The third-order valence-electron chi connectivity index (χ3n) is 4.92. The van der Waals surface area contributed by atoms with Crippen molar-refractivity contribution in [3.63, 3.8) is 0 Å². The molecule has 0 aliphatic heterocycles. The van der Waals surface area contributed by atoms with Gasteiger partial charge >= 0.3 is 0 Å². The Labute approximate surface area is 151 Å². The van der Waals surface area contributed by atoms with Crippen LogP contribution in [0.3, 0.4) is 0 Å². The molecule has 0 amide bonds. The number of aliphatic hydroxyl groups is 1. The van der Waals surface area contributed by atoms with Crippen LogP contribution < -0.4 is 5.56 Å². The van der Waals surface area contributed by atoms with Crippen LogP contribution in [0, 0.1) is 5.82 Å². The lowest BCUT2D eigenvalue weighted by Crippen LogP contribution is -2.24. The lowest BCUT2D eigenvalue weighted by Gasteiger charge is -2.15. The molecule has 1 aliphatic rings. The van der Waals surface area contributed by atoms with E-state index in [0.717, 1.165) is 0 Å². The van der Waals surface area contributed by atoms with Crippen LogP contribution in [-0.2, 0) is 5.60 Å². The quantitative estimate of drug-likeness (QED) is 0.595. The SMILES string of the molecule is CC(C)n1c(=O)c2c(-c3noc(C4(O)CC4)n3)ncn2c2ccc(F)cc21. The zero-order valence-corrected chi connectivity index (χ0v) is 14.7. The van der Waals surface area contributed by atoms with Crippen molar-refractivity contribution in [2.75, 3.05) is 0 Å². The van der Waals surface area contributed by atoms with Gasteiger partial charge in [0.15, 0.2) is 0 Å². The van der Waals surface area contributed by atoms with Crippen molar-refractivity contribution in [3.05, 3.63) is 46.6 Å². The molecule has 9 heteroatoms. The summed E-state index contributed by atoms with van der Waals surface area (Å²) in [5.74, 6) is -0.149. The van der Waals surface area contributed by atoms with Gasteiger partial charge in [0.25, 0.3) is 11.4 Å². The first-order chi connectivity index (χ1) is 12.9. The Morgan fingerprint density at radius 2 is 2.07 bits per heavy atom. The summed E-state index contributed by atoms with van der Waals surface area (Å²) in [7, 11) is 0. The Hall–Kier alpha value is -3.07. The highest BCUT2D eigenvalue weighted by Gasteiger charge is 2.48. The lowest BCUT2D eigenvalue weighted by atomic mass is 10.2. The van der Waals surface area contributed by atoms with Gasteiger partial charge in [-0.05, 0) is 44.9 Å². The van der Waals surface area contributed by atoms with E-state index in [2.05, 4.69) is 15.1 Å². The third-order valence-corrected chi connectivity index (χ3v) is 4.92. The van der Waals surface area contributed by atoms with E-state index in [-0.39, 0.29) is 34.5 Å². The van der Waals surface area contributed by atoms with Gasteiger partial charge < -0.3 is 14.2 Å². The third kappa shape index (κ3) is 2.24. The second-order valence-corrected chi connectivity index (χ2v) is 7.17. The first-order valence-electron chi connectivity index (χ1n) is 8.67. The number of hydrogen-bond donors (Lipinski definition) is 1. The molecule has 27 heavy (non-hydrogen) atoms. The molecule has 3 aromatic heterocycles. The highest BCUT2D eigenvalue weighted by Crippen LogP contribution is 2.44. The van der Waals surface area contributed by atoms with Crippen LogP contribution in [-0.4, -0.2) is 29.2 Å². The van der Waals surface area contributed by atoms with Crippen molar-refractivity contribution in [1.29, 1.82) is 0 Å². The van der Waals surface area contributed by atoms with Gasteiger partial charge in [-0.25, -0.2) is 9.37 Å². The Balaban J connectivity index is 1.83. The molecule has 0 bridgehead atoms. The molecule has 0 saturated heterocycles. The molecule has 1 aromatic carbocycles. The van der Waals surface area contributed by atoms with Gasteiger partial charge in [-0.3, -0.25) is 9.20 Å². The Bertz CT molecular complexity index is 1270. The first-order valence-corrected chi connectivity index (χ1v) is 8.67. The first kappa shape index (κ1) is 16.1. The van der Waals surface area contributed by atoms with Crippen LogP contribution in [0.5, 0.6) is 0 Å². The molecule has 1 saturated carbocycles. The van der Waals surface area contributed by atoms with Gasteiger partial charge in [0.2, 0.25) is 5.82 Å². The molecule has 1 aliphatic carbocycles. The lowest BCUT2D eigenvalue weighted by molar-refractivity contribution is 0.108. The summed E-state index contributed by atoms with van der Waals surface area (Å²) < 4.78 is 22.1. The van der Waals surface area contributed by atoms with Crippen molar-refractivity contribution in [2.24, 2.45) is 0 Å². The molecule has 0 radical (unpaired) electrons. The minimum atomic E-state index is -1.07. The van der Waals surface area contributed by atoms with Crippen molar-refractivity contribution in [2.45, 2.75) is 38.3 Å². The Morgan fingerprint density at radius 3 is 2.78 bits per heavy atom. The predicted octanol–water partition coefficient (Wildman–Crippen LogP) is 2.40. The van der Waals surface area contributed by atoms with E-state index < -0.39 is 11.4 Å². The minimum Gasteiger partial charge on any atom is -0.380 e. The number of imidazole rings is 1. The standard InChI is InChI=1S/C18H16FN5O3/c1-9(2)24-12-7-10(19)3-4-11(12)23-8-20-13(14(23)16(24)25)15-21-17(27-22-15)18(26)5-6-18/h3-4,7-9,26H,5-6H2,1-2H3. The second kappa shape index (κ2) is 5.23. The highest BCUT2D eigenvalue weighted by molar-refractivity contribution is 5.83. The largest absolute Gasteiger partial charge is 0.380 e. The van der Waals surface area contributed by atoms with Gasteiger partial charge in [0.1, 0.15) is 29.0 Å². The van der Waals surface area contributed by atoms with Crippen LogP contribution in [0.25, 0.3) is 28.1 Å². The fraction of sp³-hybridized carbons (Fsp3) is 0.333. The molecule has 0 spiro atoms. The fourth-order valence-corrected chi connectivity index (χ4v) is 3.37. The zero-order valence-electron chi connectivity index (χ0n) is 14.7. The van der Waals surface area contributed by atoms with E-state index in [0.29, 0.717) is 23.9 Å². The summed E-state index contributed by atoms with van der Waals surface area (Å²) in [4.78, 5) is 21.7. The molecule has 1 N–H and O–H groups in total. The van der Waals surface area contributed by atoms with Crippen LogP contribution in [0.4, 0.5) is 4.39 Å². The molecule has 3 heterocycles. The normalized spacial score (nSPS) is 15.9.